The van der Waals surface area contributed by atoms with E-state index in [-0.39, 0.29) is 37.2 Å². The van der Waals surface area contributed by atoms with Gasteiger partial charge in [-0.25, -0.2) is 15.0 Å². The standard InChI is InChI=1S/C29H35N5O7/c1-3-29(15-39-27(38)18-8-12-28(13-9-18)10-4-5-11-28)20(35)14-21(41-29)34-16-30-23-24(31-17(2)32-25(23)34)33-26(37)19-6-7-22(36)40-19/h1,16,18-21,35H,4-15H2,2H3,(H,31,32,33,37)/t19-,20+,21-,29-/m1/s1. The van der Waals surface area contributed by atoms with Crippen molar-refractivity contribution in [3.05, 3.63) is 12.2 Å². The van der Waals surface area contributed by atoms with Crippen molar-refractivity contribution in [3.63, 3.8) is 0 Å². The van der Waals surface area contributed by atoms with Crippen LogP contribution in [0.4, 0.5) is 5.82 Å². The Kier molecular flexibility index (Phi) is 7.20. The van der Waals surface area contributed by atoms with Crippen LogP contribution in [0.1, 0.15) is 82.7 Å². The van der Waals surface area contributed by atoms with Gasteiger partial charge in [-0.3, -0.25) is 19.0 Å². The number of terminal acetylenes is 1. The second-order valence-corrected chi connectivity index (χ2v) is 11.9. The first kappa shape index (κ1) is 27.6. The van der Waals surface area contributed by atoms with E-state index in [4.69, 9.17) is 20.6 Å². The fraction of sp³-hybridized carbons (Fsp3) is 0.655. The summed E-state index contributed by atoms with van der Waals surface area (Å²) < 4.78 is 18.5. The summed E-state index contributed by atoms with van der Waals surface area (Å²) in [7, 11) is 0. The third-order valence-corrected chi connectivity index (χ3v) is 9.29. The first-order valence-corrected chi connectivity index (χ1v) is 14.4. The number of aliphatic hydroxyl groups is 1. The first-order valence-electron chi connectivity index (χ1n) is 14.4. The van der Waals surface area contributed by atoms with E-state index in [1.54, 1.807) is 11.5 Å². The quantitative estimate of drug-likeness (QED) is 0.395. The van der Waals surface area contributed by atoms with Crippen molar-refractivity contribution in [1.82, 2.24) is 19.5 Å². The number of cyclic esters (lactones) is 1. The fourth-order valence-electron chi connectivity index (χ4n) is 6.84. The van der Waals surface area contributed by atoms with Crippen LogP contribution in [-0.2, 0) is 28.6 Å². The number of rotatable bonds is 6. The molecule has 4 heterocycles. The van der Waals surface area contributed by atoms with Crippen LogP contribution in [0.2, 0.25) is 0 Å². The Hall–Kier alpha value is -3.56. The third-order valence-electron chi connectivity index (χ3n) is 9.29. The monoisotopic (exact) mass is 565 g/mol. The predicted molar refractivity (Wildman–Crippen MR) is 144 cm³/mol. The summed E-state index contributed by atoms with van der Waals surface area (Å²) in [5, 5.41) is 13.7. The minimum absolute atomic E-state index is 0.113. The van der Waals surface area contributed by atoms with Crippen LogP contribution < -0.4 is 5.32 Å². The Morgan fingerprint density at radius 3 is 2.66 bits per heavy atom. The lowest BCUT2D eigenvalue weighted by atomic mass is 9.69. The molecule has 2 N–H and O–H groups in total. The van der Waals surface area contributed by atoms with Crippen molar-refractivity contribution in [2.75, 3.05) is 11.9 Å². The molecule has 4 fully saturated rings. The van der Waals surface area contributed by atoms with Gasteiger partial charge in [0.25, 0.3) is 5.91 Å². The van der Waals surface area contributed by atoms with Crippen LogP contribution in [0.5, 0.6) is 0 Å². The number of hydrogen-bond donors (Lipinski definition) is 2. The lowest BCUT2D eigenvalue weighted by Gasteiger charge is -2.36. The number of hydrogen-bond acceptors (Lipinski definition) is 10. The van der Waals surface area contributed by atoms with E-state index in [0.29, 0.717) is 28.8 Å². The summed E-state index contributed by atoms with van der Waals surface area (Å²) in [6.07, 6.45) is 14.0. The number of aryl methyl sites for hydroxylation is 1. The minimum Gasteiger partial charge on any atom is -0.461 e. The zero-order valence-electron chi connectivity index (χ0n) is 23.1. The largest absolute Gasteiger partial charge is 0.461 e. The maximum Gasteiger partial charge on any atom is 0.309 e. The molecule has 2 aliphatic heterocycles. The molecule has 0 bridgehead atoms. The zero-order valence-corrected chi connectivity index (χ0v) is 23.1. The van der Waals surface area contributed by atoms with Crippen LogP contribution in [0.25, 0.3) is 11.2 Å². The smallest absolute Gasteiger partial charge is 0.309 e. The average molecular weight is 566 g/mol. The summed E-state index contributed by atoms with van der Waals surface area (Å²) in [5.41, 5.74) is -0.449. The van der Waals surface area contributed by atoms with E-state index in [1.165, 1.54) is 32.0 Å². The second-order valence-electron chi connectivity index (χ2n) is 11.9. The van der Waals surface area contributed by atoms with Gasteiger partial charge in [0, 0.05) is 19.3 Å². The number of amides is 1. The molecule has 2 saturated heterocycles. The molecule has 2 aromatic heterocycles. The maximum absolute atomic E-state index is 13.0. The molecule has 2 aromatic rings. The first-order chi connectivity index (χ1) is 19.7. The molecule has 2 saturated carbocycles. The van der Waals surface area contributed by atoms with Crippen LogP contribution in [0.3, 0.4) is 0 Å². The molecule has 4 aliphatic rings. The molecule has 12 heteroatoms. The van der Waals surface area contributed by atoms with Gasteiger partial charge in [0.2, 0.25) is 0 Å². The average Bonchev–Trinajstić information content (AvgIpc) is 3.75. The molecular weight excluding hydrogens is 530 g/mol. The Labute approximate surface area is 237 Å². The number of carbonyl (C=O) groups is 3. The molecule has 4 atom stereocenters. The van der Waals surface area contributed by atoms with E-state index in [0.717, 1.165) is 25.7 Å². The van der Waals surface area contributed by atoms with E-state index in [2.05, 4.69) is 26.2 Å². The highest BCUT2D eigenvalue weighted by atomic mass is 16.6. The predicted octanol–water partition coefficient (Wildman–Crippen LogP) is 2.72. The van der Waals surface area contributed by atoms with Gasteiger partial charge >= 0.3 is 11.9 Å². The van der Waals surface area contributed by atoms with Gasteiger partial charge in [-0.1, -0.05) is 18.8 Å². The highest BCUT2D eigenvalue weighted by Crippen LogP contribution is 2.50. The molecular formula is C29H35N5O7. The number of aliphatic hydroxyl groups excluding tert-OH is 1. The van der Waals surface area contributed by atoms with E-state index in [9.17, 15) is 19.5 Å². The Bertz CT molecular complexity index is 1400. The van der Waals surface area contributed by atoms with Crippen LogP contribution in [0, 0.1) is 30.6 Å². The van der Waals surface area contributed by atoms with Crippen molar-refractivity contribution < 1.29 is 33.7 Å². The number of nitrogens with one attached hydrogen (secondary N) is 1. The normalized spacial score (nSPS) is 29.5. The molecule has 0 radical (unpaired) electrons. The van der Waals surface area contributed by atoms with Gasteiger partial charge < -0.3 is 24.6 Å². The fourth-order valence-corrected chi connectivity index (χ4v) is 6.84. The van der Waals surface area contributed by atoms with Crippen LogP contribution in [0.15, 0.2) is 6.33 Å². The lowest BCUT2D eigenvalue weighted by molar-refractivity contribution is -0.162. The van der Waals surface area contributed by atoms with Gasteiger partial charge in [0.05, 0.1) is 12.2 Å². The SMILES string of the molecule is C#C[C@]1(COC(=O)C2CCC3(CCCC3)CC2)O[C@@H](n2cnc3c(NC(=O)[C@H]4CCC(=O)O4)nc(C)nc32)C[C@@H]1O. The number of aromatic nitrogens is 4. The van der Waals surface area contributed by atoms with Crippen LogP contribution in [-0.4, -0.2) is 66.9 Å². The lowest BCUT2D eigenvalue weighted by Crippen LogP contribution is -2.44. The van der Waals surface area contributed by atoms with Crippen molar-refractivity contribution in [2.24, 2.45) is 11.3 Å². The number of ether oxygens (including phenoxy) is 3. The van der Waals surface area contributed by atoms with E-state index in [1.807, 2.05) is 0 Å². The second kappa shape index (κ2) is 10.7. The highest BCUT2D eigenvalue weighted by molar-refractivity contribution is 6.00. The molecule has 41 heavy (non-hydrogen) atoms. The molecule has 0 aromatic carbocycles. The van der Waals surface area contributed by atoms with E-state index >= 15 is 0 Å². The number of fused-ring (bicyclic) bond motifs is 1. The Balaban J connectivity index is 1.14. The molecule has 12 nitrogen and oxygen atoms in total. The molecule has 0 unspecified atom stereocenters. The highest BCUT2D eigenvalue weighted by Gasteiger charge is 2.50. The third kappa shape index (κ3) is 5.17. The molecule has 2 aliphatic carbocycles. The van der Waals surface area contributed by atoms with Crippen molar-refractivity contribution >= 4 is 34.8 Å². The van der Waals surface area contributed by atoms with Crippen molar-refractivity contribution in [2.45, 2.75) is 102 Å². The van der Waals surface area contributed by atoms with Gasteiger partial charge in [0.15, 0.2) is 28.7 Å². The number of imidazole rings is 1. The van der Waals surface area contributed by atoms with Crippen molar-refractivity contribution in [1.29, 1.82) is 0 Å². The summed E-state index contributed by atoms with van der Waals surface area (Å²) in [4.78, 5) is 50.2. The van der Waals surface area contributed by atoms with Gasteiger partial charge in [0.1, 0.15) is 24.8 Å². The topological polar surface area (TPSA) is 155 Å². The number of carbonyl (C=O) groups excluding carboxylic acids is 3. The van der Waals surface area contributed by atoms with Gasteiger partial charge in [-0.15, -0.1) is 6.42 Å². The Morgan fingerprint density at radius 2 is 1.98 bits per heavy atom. The summed E-state index contributed by atoms with van der Waals surface area (Å²) in [5.74, 6) is 1.69. The van der Waals surface area contributed by atoms with Crippen LogP contribution >= 0.6 is 0 Å². The maximum atomic E-state index is 13.0. The zero-order chi connectivity index (χ0) is 28.8. The van der Waals surface area contributed by atoms with E-state index < -0.39 is 35.9 Å². The summed E-state index contributed by atoms with van der Waals surface area (Å²) >= 11 is 0. The Morgan fingerprint density at radius 1 is 1.22 bits per heavy atom. The molecule has 1 amide bonds. The number of esters is 2. The minimum atomic E-state index is -1.52. The summed E-state index contributed by atoms with van der Waals surface area (Å²) in [6, 6.07) is 0. The van der Waals surface area contributed by atoms with Crippen molar-refractivity contribution in [3.8, 4) is 12.3 Å². The number of anilines is 1. The molecule has 218 valence electrons. The van der Waals surface area contributed by atoms with Gasteiger partial charge in [-0.05, 0) is 50.9 Å². The number of nitrogens with zero attached hydrogens (tertiary/aromatic N) is 4. The summed E-state index contributed by atoms with van der Waals surface area (Å²) in [6.45, 7) is 1.40. The van der Waals surface area contributed by atoms with Gasteiger partial charge in [-0.2, -0.15) is 0 Å². The molecule has 1 spiro atoms. The molecule has 6 rings (SSSR count).